The normalized spacial score (nSPS) is 24.3. The minimum absolute atomic E-state index is 0.113. The lowest BCUT2D eigenvalue weighted by molar-refractivity contribution is -0.274. The first-order valence-corrected chi connectivity index (χ1v) is 11.4. The summed E-state index contributed by atoms with van der Waals surface area (Å²) in [5.41, 5.74) is 4.94. The van der Waals surface area contributed by atoms with Gasteiger partial charge >= 0.3 is 6.36 Å². The standard InChI is InChI=1S/C26H31F3O/c1-2-3-18-4-6-19(7-5-18)20-8-10-21(11-9-20)22-12-13-24-17-25(30-26(27,28)29)15-14-23(24)16-22/h8-11,14-15,17-19,22H,2-7,12-13,16H2,1H3. The van der Waals surface area contributed by atoms with E-state index < -0.39 is 6.36 Å². The van der Waals surface area contributed by atoms with Crippen LogP contribution in [0.3, 0.4) is 0 Å². The Kier molecular flexibility index (Phi) is 6.40. The molecule has 2 aromatic carbocycles. The number of ether oxygens (including phenoxy) is 1. The summed E-state index contributed by atoms with van der Waals surface area (Å²) in [6, 6.07) is 14.0. The van der Waals surface area contributed by atoms with Crippen LogP contribution in [0.4, 0.5) is 13.2 Å². The van der Waals surface area contributed by atoms with E-state index in [4.69, 9.17) is 0 Å². The van der Waals surface area contributed by atoms with Crippen LogP contribution in [0.1, 0.15) is 86.0 Å². The number of halogens is 3. The Morgan fingerprint density at radius 2 is 1.50 bits per heavy atom. The van der Waals surface area contributed by atoms with Gasteiger partial charge in [0.15, 0.2) is 0 Å². The van der Waals surface area contributed by atoms with Crippen molar-refractivity contribution in [2.45, 2.75) is 82.9 Å². The minimum Gasteiger partial charge on any atom is -0.406 e. The molecule has 0 saturated heterocycles. The molecule has 2 aliphatic rings. The molecule has 0 heterocycles. The van der Waals surface area contributed by atoms with Crippen LogP contribution >= 0.6 is 0 Å². The van der Waals surface area contributed by atoms with E-state index in [1.165, 1.54) is 55.7 Å². The van der Waals surface area contributed by atoms with Crippen LogP contribution in [0.25, 0.3) is 0 Å². The van der Waals surface area contributed by atoms with Crippen molar-refractivity contribution in [3.05, 3.63) is 64.7 Å². The maximum absolute atomic E-state index is 12.5. The maximum Gasteiger partial charge on any atom is 0.573 e. The van der Waals surface area contributed by atoms with Crippen molar-refractivity contribution in [2.75, 3.05) is 0 Å². The Balaban J connectivity index is 1.38. The third kappa shape index (κ3) is 5.19. The molecule has 2 aromatic rings. The average molecular weight is 417 g/mol. The van der Waals surface area contributed by atoms with E-state index in [9.17, 15) is 13.2 Å². The van der Waals surface area contributed by atoms with Gasteiger partial charge in [0.05, 0.1) is 0 Å². The zero-order chi connectivity index (χ0) is 21.1. The molecule has 0 N–H and O–H groups in total. The minimum atomic E-state index is -4.64. The predicted molar refractivity (Wildman–Crippen MR) is 114 cm³/mol. The second-order valence-corrected chi connectivity index (χ2v) is 9.09. The van der Waals surface area contributed by atoms with Crippen LogP contribution < -0.4 is 4.74 Å². The SMILES string of the molecule is CCCC1CCC(c2ccc(C3CCc4cc(OC(F)(F)F)ccc4C3)cc2)CC1. The molecular formula is C26H31F3O. The smallest absolute Gasteiger partial charge is 0.406 e. The van der Waals surface area contributed by atoms with Gasteiger partial charge in [0.2, 0.25) is 0 Å². The van der Waals surface area contributed by atoms with Crippen LogP contribution in [0.5, 0.6) is 5.75 Å². The molecule has 162 valence electrons. The van der Waals surface area contributed by atoms with E-state index in [2.05, 4.69) is 35.9 Å². The summed E-state index contributed by atoms with van der Waals surface area (Å²) < 4.78 is 41.4. The van der Waals surface area contributed by atoms with Crippen molar-refractivity contribution in [1.82, 2.24) is 0 Å². The number of hydrogen-bond donors (Lipinski definition) is 0. The van der Waals surface area contributed by atoms with Crippen LogP contribution in [-0.2, 0) is 12.8 Å². The van der Waals surface area contributed by atoms with E-state index >= 15 is 0 Å². The van der Waals surface area contributed by atoms with Gasteiger partial charge in [-0.25, -0.2) is 0 Å². The number of rotatable bonds is 5. The highest BCUT2D eigenvalue weighted by Gasteiger charge is 2.31. The van der Waals surface area contributed by atoms with Crippen LogP contribution in [0.15, 0.2) is 42.5 Å². The second-order valence-electron chi connectivity index (χ2n) is 9.09. The van der Waals surface area contributed by atoms with E-state index in [0.29, 0.717) is 11.8 Å². The Hall–Kier alpha value is -1.97. The molecule has 0 radical (unpaired) electrons. The third-order valence-corrected chi connectivity index (χ3v) is 7.06. The highest BCUT2D eigenvalue weighted by molar-refractivity contribution is 5.40. The van der Waals surface area contributed by atoms with Crippen LogP contribution in [0.2, 0.25) is 0 Å². The summed E-state index contributed by atoms with van der Waals surface area (Å²) in [7, 11) is 0. The fourth-order valence-electron chi connectivity index (χ4n) is 5.45. The maximum atomic E-state index is 12.5. The third-order valence-electron chi connectivity index (χ3n) is 7.06. The van der Waals surface area contributed by atoms with Gasteiger partial charge < -0.3 is 4.74 Å². The van der Waals surface area contributed by atoms with Crippen LogP contribution in [-0.4, -0.2) is 6.36 Å². The van der Waals surface area contributed by atoms with Crippen molar-refractivity contribution < 1.29 is 17.9 Å². The molecule has 4 heteroatoms. The molecular weight excluding hydrogens is 385 g/mol. The Morgan fingerprint density at radius 1 is 0.833 bits per heavy atom. The molecule has 1 nitrogen and oxygen atoms in total. The Morgan fingerprint density at radius 3 is 2.13 bits per heavy atom. The molecule has 0 aromatic heterocycles. The Bertz CT molecular complexity index is 832. The molecule has 0 bridgehead atoms. The van der Waals surface area contributed by atoms with Crippen molar-refractivity contribution >= 4 is 0 Å². The van der Waals surface area contributed by atoms with Gasteiger partial charge in [0.25, 0.3) is 0 Å². The van der Waals surface area contributed by atoms with E-state index in [-0.39, 0.29) is 5.75 Å². The Labute approximate surface area is 177 Å². The highest BCUT2D eigenvalue weighted by Crippen LogP contribution is 2.39. The molecule has 0 amide bonds. The van der Waals surface area contributed by atoms with Gasteiger partial charge in [0.1, 0.15) is 5.75 Å². The molecule has 30 heavy (non-hydrogen) atoms. The molecule has 4 rings (SSSR count). The van der Waals surface area contributed by atoms with Crippen molar-refractivity contribution in [3.63, 3.8) is 0 Å². The number of alkyl halides is 3. The predicted octanol–water partition coefficient (Wildman–Crippen LogP) is 7.93. The summed E-state index contributed by atoms with van der Waals surface area (Å²) in [6.45, 7) is 2.28. The molecule has 1 atom stereocenters. The van der Waals surface area contributed by atoms with Gasteiger partial charge in [-0.1, -0.05) is 50.1 Å². The first-order valence-electron chi connectivity index (χ1n) is 11.4. The number of hydrogen-bond acceptors (Lipinski definition) is 1. The quantitative estimate of drug-likeness (QED) is 0.481. The van der Waals surface area contributed by atoms with Crippen molar-refractivity contribution in [1.29, 1.82) is 0 Å². The van der Waals surface area contributed by atoms with E-state index in [1.807, 2.05) is 0 Å². The second kappa shape index (κ2) is 9.03. The zero-order valence-corrected chi connectivity index (χ0v) is 17.7. The van der Waals surface area contributed by atoms with Gasteiger partial charge in [0, 0.05) is 0 Å². The molecule has 2 aliphatic carbocycles. The zero-order valence-electron chi connectivity index (χ0n) is 17.7. The first-order chi connectivity index (χ1) is 14.4. The summed E-state index contributed by atoms with van der Waals surface area (Å²) in [4.78, 5) is 0. The summed E-state index contributed by atoms with van der Waals surface area (Å²) in [5, 5.41) is 0. The van der Waals surface area contributed by atoms with Gasteiger partial charge in [-0.15, -0.1) is 13.2 Å². The van der Waals surface area contributed by atoms with Crippen molar-refractivity contribution in [3.8, 4) is 5.75 Å². The van der Waals surface area contributed by atoms with E-state index in [0.717, 1.165) is 36.3 Å². The number of benzene rings is 2. The van der Waals surface area contributed by atoms with E-state index in [1.54, 1.807) is 12.1 Å². The first kappa shape index (κ1) is 21.3. The fourth-order valence-corrected chi connectivity index (χ4v) is 5.45. The average Bonchev–Trinajstić information content (AvgIpc) is 2.73. The van der Waals surface area contributed by atoms with Gasteiger partial charge in [-0.05, 0) is 97.1 Å². The van der Waals surface area contributed by atoms with Gasteiger partial charge in [-0.3, -0.25) is 0 Å². The molecule has 1 unspecified atom stereocenters. The molecule has 0 aliphatic heterocycles. The number of aryl methyl sites for hydroxylation is 1. The molecule has 1 fully saturated rings. The largest absolute Gasteiger partial charge is 0.573 e. The van der Waals surface area contributed by atoms with Crippen molar-refractivity contribution in [2.24, 2.45) is 5.92 Å². The lowest BCUT2D eigenvalue weighted by Gasteiger charge is -2.29. The molecule has 0 spiro atoms. The topological polar surface area (TPSA) is 9.23 Å². The summed E-state index contributed by atoms with van der Waals surface area (Å²) >= 11 is 0. The molecule has 1 saturated carbocycles. The lowest BCUT2D eigenvalue weighted by Crippen LogP contribution is -2.18. The fraction of sp³-hybridized carbons (Fsp3) is 0.538. The van der Waals surface area contributed by atoms with Gasteiger partial charge in [-0.2, -0.15) is 0 Å². The number of fused-ring (bicyclic) bond motifs is 1. The monoisotopic (exact) mass is 416 g/mol. The van der Waals surface area contributed by atoms with Crippen LogP contribution in [0, 0.1) is 5.92 Å². The summed E-state index contributed by atoms with van der Waals surface area (Å²) in [5.74, 6) is 1.94. The highest BCUT2D eigenvalue weighted by atomic mass is 19.4. The lowest BCUT2D eigenvalue weighted by atomic mass is 9.76. The summed E-state index contributed by atoms with van der Waals surface area (Å²) in [6.07, 6.45) is 6.00.